The molecule has 0 saturated heterocycles. The third-order valence-electron chi connectivity index (χ3n) is 3.13. The van der Waals surface area contributed by atoms with Gasteiger partial charge in [-0.3, -0.25) is 9.13 Å². The molecule has 0 atom stereocenters. The van der Waals surface area contributed by atoms with Gasteiger partial charge in [0.25, 0.3) is 15.2 Å². The topological polar surface area (TPSA) is 53.6 Å². The van der Waals surface area contributed by atoms with Gasteiger partial charge in [0.2, 0.25) is 0 Å². The van der Waals surface area contributed by atoms with E-state index in [0.717, 1.165) is 0 Å². The Balaban J connectivity index is -0.000000344. The van der Waals surface area contributed by atoms with Crippen molar-refractivity contribution in [2.45, 2.75) is 9.88 Å². The minimum atomic E-state index is -2.44. The van der Waals surface area contributed by atoms with Crippen molar-refractivity contribution < 1.29 is 9.13 Å². The first-order valence-electron chi connectivity index (χ1n) is 8.31. The Labute approximate surface area is 192 Å². The zero-order chi connectivity index (χ0) is 23.0. The summed E-state index contributed by atoms with van der Waals surface area (Å²) in [5.74, 6) is 0. The van der Waals surface area contributed by atoms with Crippen LogP contribution in [0.25, 0.3) is 0 Å². The van der Waals surface area contributed by atoms with Crippen LogP contribution in [0, 0.1) is 0 Å². The Morgan fingerprint density at radius 2 is 0.556 bits per heavy atom. The van der Waals surface area contributed by atoms with Crippen molar-refractivity contribution in [3.8, 4) is 0 Å². The SMILES string of the molecule is CN(C)P(=O)(N(C)C)N(C)C.CN(C)P(=O)(N(C)C)N(C)C.[CH3][Sn]([CH3])([I])[I]. The summed E-state index contributed by atoms with van der Waals surface area (Å²) in [6, 6.07) is 0. The molecule has 0 aliphatic carbocycles. The first-order valence-corrected chi connectivity index (χ1v) is 33.8. The van der Waals surface area contributed by atoms with Crippen LogP contribution in [0.3, 0.4) is 0 Å². The zero-order valence-electron chi connectivity index (χ0n) is 19.7. The van der Waals surface area contributed by atoms with Gasteiger partial charge in [-0.15, -0.1) is 0 Å². The molecular weight excluding hydrogens is 719 g/mol. The Kier molecular flexibility index (Phi) is 18.3. The van der Waals surface area contributed by atoms with Crippen LogP contribution >= 0.6 is 52.5 Å². The molecule has 0 heterocycles. The zero-order valence-corrected chi connectivity index (χ0v) is 28.6. The van der Waals surface area contributed by atoms with E-state index in [2.05, 4.69) is 47.1 Å². The molecule has 0 unspecified atom stereocenters. The van der Waals surface area contributed by atoms with Crippen molar-refractivity contribution in [3.05, 3.63) is 0 Å². The van der Waals surface area contributed by atoms with Gasteiger partial charge in [0.15, 0.2) is 0 Å². The molecule has 168 valence electrons. The van der Waals surface area contributed by atoms with Gasteiger partial charge >= 0.3 is 57.6 Å². The Morgan fingerprint density at radius 3 is 0.556 bits per heavy atom. The van der Waals surface area contributed by atoms with Crippen molar-refractivity contribution in [2.75, 3.05) is 84.6 Å². The third-order valence-corrected chi connectivity index (χ3v) is 9.38. The molecule has 8 nitrogen and oxygen atoms in total. The second-order valence-corrected chi connectivity index (χ2v) is 71.9. The number of hydrogen-bond acceptors (Lipinski definition) is 2. The summed E-state index contributed by atoms with van der Waals surface area (Å²) in [5, 5.41) is 0. The van der Waals surface area contributed by atoms with Crippen LogP contribution in [0.4, 0.5) is 0 Å². The van der Waals surface area contributed by atoms with Gasteiger partial charge < -0.3 is 0 Å². The minimum absolute atomic E-state index is 1.24. The fourth-order valence-corrected chi connectivity index (χ4v) is 6.44. The monoisotopic (exact) mass is 762 g/mol. The Morgan fingerprint density at radius 1 is 0.481 bits per heavy atom. The fourth-order valence-electron chi connectivity index (χ4n) is 2.15. The number of nitrogens with zero attached hydrogens (tertiary/aromatic N) is 6. The summed E-state index contributed by atoms with van der Waals surface area (Å²) in [4.78, 5) is 4.74. The molecule has 0 aromatic heterocycles. The van der Waals surface area contributed by atoms with Crippen LogP contribution < -0.4 is 0 Å². The van der Waals surface area contributed by atoms with Gasteiger partial charge in [-0.1, -0.05) is 0 Å². The molecule has 0 aliphatic heterocycles. The van der Waals surface area contributed by atoms with Crippen LogP contribution in [0.2, 0.25) is 9.88 Å². The standard InChI is InChI=1S/2C6H18N3OP.2CH3.2HI.Sn/c2*1-7(2)11(10,8(3)4)9(5)6;;;;;/h2*1-6H3;2*1H3;2*1H;/q;;;;;;+2/p-2. The van der Waals surface area contributed by atoms with Crippen molar-refractivity contribution in [3.63, 3.8) is 0 Å². The van der Waals surface area contributed by atoms with Crippen LogP contribution in [0.15, 0.2) is 0 Å². The summed E-state index contributed by atoms with van der Waals surface area (Å²) >= 11 is 5.15. The van der Waals surface area contributed by atoms with E-state index in [1.807, 2.05) is 84.6 Å². The normalized spacial score (nSPS) is 13.3. The van der Waals surface area contributed by atoms with E-state index < -0.39 is 25.6 Å². The molecule has 0 fully saturated rings. The van der Waals surface area contributed by atoms with E-state index in [1.54, 1.807) is 28.0 Å². The van der Waals surface area contributed by atoms with Crippen molar-refractivity contribution >= 4 is 62.9 Å². The molecular formula is C14H42I2N6O2P2Sn. The second kappa shape index (κ2) is 14.5. The maximum atomic E-state index is 12.1. The summed E-state index contributed by atoms with van der Waals surface area (Å²) in [6.07, 6.45) is 0. The van der Waals surface area contributed by atoms with Crippen LogP contribution in [0.5, 0.6) is 0 Å². The van der Waals surface area contributed by atoms with E-state index in [-0.39, 0.29) is 0 Å². The van der Waals surface area contributed by atoms with E-state index in [1.165, 1.54) is 0 Å². The number of hydrogen-bond donors (Lipinski definition) is 0. The third kappa shape index (κ3) is 13.5. The van der Waals surface area contributed by atoms with Gasteiger partial charge in [0.05, 0.1) is 0 Å². The average Bonchev–Trinajstić information content (AvgIpc) is 2.42. The van der Waals surface area contributed by atoms with Crippen molar-refractivity contribution in [1.82, 2.24) is 28.0 Å². The molecule has 27 heavy (non-hydrogen) atoms. The van der Waals surface area contributed by atoms with Gasteiger partial charge in [-0.2, -0.15) is 0 Å². The first kappa shape index (κ1) is 34.1. The van der Waals surface area contributed by atoms with Crippen molar-refractivity contribution in [2.24, 2.45) is 0 Å². The molecule has 0 radical (unpaired) electrons. The predicted molar refractivity (Wildman–Crippen MR) is 143 cm³/mol. The summed E-state index contributed by atoms with van der Waals surface area (Å²) in [5.41, 5.74) is 0. The average molecular weight is 761 g/mol. The molecule has 0 aromatic rings. The number of rotatable bonds is 6. The Bertz CT molecular complexity index is 399. The molecule has 0 saturated carbocycles. The van der Waals surface area contributed by atoms with Crippen molar-refractivity contribution in [1.29, 1.82) is 0 Å². The van der Waals surface area contributed by atoms with E-state index >= 15 is 0 Å². The molecule has 13 heteroatoms. The number of halogens is 2. The summed E-state index contributed by atoms with van der Waals surface area (Å²) < 4.78 is 34.6. The molecule has 0 N–H and O–H groups in total. The van der Waals surface area contributed by atoms with E-state index in [0.29, 0.717) is 0 Å². The quantitative estimate of drug-likeness (QED) is 0.228. The molecule has 0 rings (SSSR count). The maximum absolute atomic E-state index is 12.1. The molecule has 0 aliphatic rings. The van der Waals surface area contributed by atoms with Crippen LogP contribution in [0.1, 0.15) is 0 Å². The summed E-state index contributed by atoms with van der Waals surface area (Å²) in [6.45, 7) is 0. The van der Waals surface area contributed by atoms with Crippen LogP contribution in [-0.2, 0) is 9.13 Å². The molecule has 0 bridgehead atoms. The first-order chi connectivity index (χ1) is 11.7. The predicted octanol–water partition coefficient (Wildman–Crippen LogP) is 4.12. The fraction of sp³-hybridized carbons (Fsp3) is 1.00. The van der Waals surface area contributed by atoms with E-state index in [4.69, 9.17) is 0 Å². The van der Waals surface area contributed by atoms with Gasteiger partial charge in [0.1, 0.15) is 0 Å². The van der Waals surface area contributed by atoms with E-state index in [9.17, 15) is 9.13 Å². The van der Waals surface area contributed by atoms with Gasteiger partial charge in [-0.05, 0) is 84.6 Å². The Hall–Kier alpha value is 2.48. The van der Waals surface area contributed by atoms with Gasteiger partial charge in [-0.25, -0.2) is 28.0 Å². The molecule has 0 amide bonds. The molecule has 0 spiro atoms. The molecule has 0 aromatic carbocycles. The van der Waals surface area contributed by atoms with Crippen LogP contribution in [-0.4, -0.2) is 123 Å². The van der Waals surface area contributed by atoms with Gasteiger partial charge in [0, 0.05) is 0 Å². The summed E-state index contributed by atoms with van der Waals surface area (Å²) in [7, 11) is 15.7. The second-order valence-electron chi connectivity index (χ2n) is 7.44.